The zero-order valence-electron chi connectivity index (χ0n) is 59.0. The van der Waals surface area contributed by atoms with Crippen LogP contribution in [0, 0.1) is 41.4 Å². The van der Waals surface area contributed by atoms with E-state index in [9.17, 15) is 97.6 Å². The van der Waals surface area contributed by atoms with Crippen LogP contribution in [0.2, 0.25) is 0 Å². The van der Waals surface area contributed by atoms with Crippen molar-refractivity contribution in [1.82, 2.24) is 0 Å². The number of carboxylic acid groups (broad SMARTS) is 2. The summed E-state index contributed by atoms with van der Waals surface area (Å²) in [5.41, 5.74) is 5.37. The van der Waals surface area contributed by atoms with E-state index in [2.05, 4.69) is 25.1 Å². The van der Waals surface area contributed by atoms with Gasteiger partial charge in [0.1, 0.15) is 48.8 Å². The molecule has 5 aliphatic rings. The Morgan fingerprint density at radius 2 is 0.637 bits per heavy atom. The van der Waals surface area contributed by atoms with Crippen molar-refractivity contribution >= 4 is 74.3 Å². The SMILES string of the molecule is C[C@@H]1[C@@H](C)[C@H](O[C@H]2[C@H](OS(=O)(=O)[O-])[C@@H](OS(=O)(=O)[O-])[C@@H](O[C@H]3[C@H](C)[C@@H](C)[C@H](O[C@H]4[C@H](C)[C@@H](OS(=O)(=O)[O-])[C@@H](C)O[C@@H]4COS(=O)(=O)[O-])O[C@H]3C(=O)[O-])O[C@@H]2COS(=O)(=O)[O-])O[C@H](C(=O)[O-])[C@H]1O[C@H]1O[C@H](COS(=O)(=O)[O-])[C@@H](OCCOCCOCCOCCN)[C@H](C)[C@H]1C.[Na+].[Na+].[Na+].[Na+].[Na+].[Na+].[Na+].[Na+]. The smallest absolute Gasteiger partial charge is 0.726 e. The molecule has 0 aliphatic carbocycles. The Hall–Kier alpha value is 5.60. The fraction of sp³-hybridized carbons (Fsp3) is 0.957. The van der Waals surface area contributed by atoms with Gasteiger partial charge >= 0.3 is 236 Å². The van der Waals surface area contributed by atoms with E-state index >= 15 is 0 Å². The van der Waals surface area contributed by atoms with E-state index in [-0.39, 0.29) is 269 Å². The molecule has 42 nitrogen and oxygen atoms in total. The summed E-state index contributed by atoms with van der Waals surface area (Å²) in [5, 5.41) is 26.1. The van der Waals surface area contributed by atoms with Gasteiger partial charge in [-0.1, -0.05) is 48.5 Å². The Labute approximate surface area is 769 Å². The third kappa shape index (κ3) is 37.5. The molecule has 5 aliphatic heterocycles. The predicted molar refractivity (Wildman–Crippen MR) is 285 cm³/mol. The minimum absolute atomic E-state index is 0. The van der Waals surface area contributed by atoms with E-state index in [1.165, 1.54) is 41.5 Å². The maximum Gasteiger partial charge on any atom is 1.00 e. The van der Waals surface area contributed by atoms with Crippen molar-refractivity contribution in [1.29, 1.82) is 0 Å². The Kier molecular flexibility index (Phi) is 57.0. The Bertz CT molecular complexity index is 3190. The van der Waals surface area contributed by atoms with Crippen LogP contribution in [0.15, 0.2) is 0 Å². The molecular weight excluding hydrogens is 1600 g/mol. The molecule has 5 saturated heterocycles. The first-order valence-corrected chi connectivity index (χ1v) is 36.4. The molecule has 0 aromatic carbocycles. The Balaban J connectivity index is -0.00000600. The van der Waals surface area contributed by atoms with Crippen molar-refractivity contribution in [2.75, 3.05) is 72.6 Å². The maximum absolute atomic E-state index is 13.1. The molecule has 56 heteroatoms. The molecule has 25 atom stereocenters. The normalized spacial score (nSPS) is 34.5. The molecule has 0 saturated carbocycles. The van der Waals surface area contributed by atoms with Gasteiger partial charge in [0, 0.05) is 30.2 Å². The summed E-state index contributed by atoms with van der Waals surface area (Å²) < 4.78 is 318. The molecule has 0 aromatic rings. The number of carbonyl (C=O) groups excluding carboxylic acids is 2. The molecule has 2 N–H and O–H groups in total. The fourth-order valence-electron chi connectivity index (χ4n) is 11.0. The molecule has 552 valence electrons. The van der Waals surface area contributed by atoms with Crippen LogP contribution in [-0.2, 0) is 159 Å². The third-order valence-corrected chi connectivity index (χ3v) is 18.6. The number of nitrogens with two attached hydrogens (primary N) is 1. The van der Waals surface area contributed by atoms with Crippen LogP contribution < -0.4 is 252 Å². The summed E-state index contributed by atoms with van der Waals surface area (Å²) in [7, 11) is -34.8. The Morgan fingerprint density at radius 3 is 1.02 bits per heavy atom. The fourth-order valence-corrected chi connectivity index (χ4v) is 13.4. The van der Waals surface area contributed by atoms with Gasteiger partial charge in [0.2, 0.25) is 62.4 Å². The van der Waals surface area contributed by atoms with Crippen LogP contribution in [0.25, 0.3) is 0 Å². The number of carbonyl (C=O) groups is 2. The molecule has 5 heterocycles. The van der Waals surface area contributed by atoms with Crippen molar-refractivity contribution in [2.24, 2.45) is 47.2 Å². The number of ether oxygens (including phenoxy) is 13. The number of aliphatic carboxylic acids is 2. The second-order valence-electron chi connectivity index (χ2n) is 22.3. The number of hydrogen-bond acceptors (Lipinski definition) is 42. The summed E-state index contributed by atoms with van der Waals surface area (Å²) in [6, 6.07) is 0. The minimum Gasteiger partial charge on any atom is -0.726 e. The van der Waals surface area contributed by atoms with E-state index < -0.39 is 246 Å². The number of rotatable bonds is 37. The average Bonchev–Trinajstić information content (AvgIpc) is 0.765. The minimum atomic E-state index is -6.31. The van der Waals surface area contributed by atoms with E-state index in [0.717, 1.165) is 0 Å². The molecule has 0 unspecified atom stereocenters. The van der Waals surface area contributed by atoms with Gasteiger partial charge in [-0.3, -0.25) is 25.1 Å². The van der Waals surface area contributed by atoms with E-state index in [0.29, 0.717) is 19.8 Å². The third-order valence-electron chi connectivity index (χ3n) is 16.0. The summed E-state index contributed by atoms with van der Waals surface area (Å²) in [6.45, 7) is 8.14. The molecule has 0 bridgehead atoms. The monoisotopic (exact) mass is 1670 g/mol. The standard InChI is InChI=1S/C46H81NO41S6.8Na/c1-20-23(4)43(78-28(17-74-89(52,53)54)32(20)73-16-15-72-14-13-71-12-11-70-10-9-47)81-34-21(2)25(6)45(85-38(34)41(48)49)83-36-30(19-76-91(58,59)60)79-46(40(88-94(67,68)69)37(36)87-93(64,65)66)82-35-22(3)24(5)44(84-39(35)42(50)51)80-33-26(7)31(86-92(61,62)63)27(8)77-29(33)18-75-90(55,56)57;;;;;;;;/h20-40,43-46H,9-19,47H2,1-8H3,(H,48,49)(H,50,51)(H,52,53,54)(H,55,56,57)(H,58,59,60)(H,61,62,63)(H,64,65,66)(H,67,68,69);;;;;;;;/q;8*+1/p-8/t20-,21-,22-,23-,24-,25-,26-,27-,28-,29-,30-,31-,32+,33+,34+,35+,36-,37+,38+,39-,40-,43-,44-,45-,46-;;;;;;;;/m1......../s1. The predicted octanol–water partition coefficient (Wildman–Crippen LogP) is -31.4. The first-order valence-electron chi connectivity index (χ1n) is 28.4. The molecule has 5 fully saturated rings. The summed E-state index contributed by atoms with van der Waals surface area (Å²) in [6.07, 6.45) is -37.5. The molecule has 0 radical (unpaired) electrons. The van der Waals surface area contributed by atoms with E-state index in [4.69, 9.17) is 67.3 Å². The van der Waals surface area contributed by atoms with Gasteiger partial charge < -0.3 is 114 Å². The number of carboxylic acids is 2. The Morgan fingerprint density at radius 1 is 0.333 bits per heavy atom. The van der Waals surface area contributed by atoms with Crippen molar-refractivity contribution in [3.05, 3.63) is 0 Å². The zero-order chi connectivity index (χ0) is 70.8. The summed E-state index contributed by atoms with van der Waals surface area (Å²) >= 11 is 0. The summed E-state index contributed by atoms with van der Waals surface area (Å²) in [5.74, 6) is -12.5. The van der Waals surface area contributed by atoms with Crippen LogP contribution in [0.4, 0.5) is 0 Å². The van der Waals surface area contributed by atoms with Gasteiger partial charge in [-0.05, 0) is 24.7 Å². The molecule has 102 heavy (non-hydrogen) atoms. The van der Waals surface area contributed by atoms with Crippen molar-refractivity contribution in [2.45, 2.75) is 166 Å². The van der Waals surface area contributed by atoms with Crippen LogP contribution in [0.1, 0.15) is 55.4 Å². The molecular formula is C46H73NNa8O41S6. The van der Waals surface area contributed by atoms with Gasteiger partial charge in [-0.2, -0.15) is 0 Å². The first kappa shape index (κ1) is 114. The quantitative estimate of drug-likeness (QED) is 0.0261. The van der Waals surface area contributed by atoms with Crippen LogP contribution in [0.5, 0.6) is 0 Å². The first-order chi connectivity index (χ1) is 43.3. The molecule has 0 amide bonds. The summed E-state index contributed by atoms with van der Waals surface area (Å²) in [4.78, 5) is 26.1. The number of hydrogen-bond donors (Lipinski definition) is 1. The van der Waals surface area contributed by atoms with Gasteiger partial charge in [0.25, 0.3) is 0 Å². The van der Waals surface area contributed by atoms with Crippen molar-refractivity contribution < 1.29 is 421 Å². The molecule has 5 rings (SSSR count). The van der Waals surface area contributed by atoms with E-state index in [1.54, 1.807) is 13.8 Å². The van der Waals surface area contributed by atoms with Crippen LogP contribution in [0.3, 0.4) is 0 Å². The van der Waals surface area contributed by atoms with Gasteiger partial charge in [-0.15, -0.1) is 0 Å². The maximum atomic E-state index is 13.1. The van der Waals surface area contributed by atoms with Gasteiger partial charge in [0.15, 0.2) is 31.3 Å². The van der Waals surface area contributed by atoms with E-state index in [1.807, 2.05) is 0 Å². The second kappa shape index (κ2) is 51.0. The topological polar surface area (TPSA) is 625 Å². The average molecular weight is 1670 g/mol. The van der Waals surface area contributed by atoms with Crippen molar-refractivity contribution in [3.8, 4) is 0 Å². The second-order valence-corrected chi connectivity index (χ2v) is 28.5. The zero-order valence-corrected chi connectivity index (χ0v) is 79.9. The van der Waals surface area contributed by atoms with Gasteiger partial charge in [0.05, 0.1) is 109 Å². The van der Waals surface area contributed by atoms with Crippen LogP contribution in [-0.4, -0.2) is 273 Å². The molecule has 0 spiro atoms. The van der Waals surface area contributed by atoms with Gasteiger partial charge in [-0.25, -0.2) is 50.5 Å². The van der Waals surface area contributed by atoms with Crippen LogP contribution >= 0.6 is 0 Å². The van der Waals surface area contributed by atoms with Crippen molar-refractivity contribution in [3.63, 3.8) is 0 Å². The largest absolute Gasteiger partial charge is 1.00 e. The molecule has 0 aromatic heterocycles.